The zero-order valence-corrected chi connectivity index (χ0v) is 13.5. The van der Waals surface area contributed by atoms with E-state index in [0.717, 1.165) is 17.6 Å². The number of anilines is 1. The van der Waals surface area contributed by atoms with Gasteiger partial charge >= 0.3 is 0 Å². The van der Waals surface area contributed by atoms with Crippen LogP contribution in [0.1, 0.15) is 39.2 Å². The van der Waals surface area contributed by atoms with Gasteiger partial charge in [0.25, 0.3) is 0 Å². The molecule has 0 heterocycles. The smallest absolute Gasteiger partial charge is 0.0410 e. The van der Waals surface area contributed by atoms with Crippen molar-refractivity contribution in [2.24, 2.45) is 0 Å². The minimum absolute atomic E-state index is 0.512. The molecular formula is C15H25BrN2. The molecule has 0 atom stereocenters. The Hall–Kier alpha value is -0.540. The fraction of sp³-hybridized carbons (Fsp3) is 0.600. The molecule has 0 spiro atoms. The molecule has 0 aliphatic heterocycles. The molecule has 0 amide bonds. The Morgan fingerprint density at radius 3 is 2.67 bits per heavy atom. The lowest BCUT2D eigenvalue weighted by atomic mass is 10.1. The SMILES string of the molecule is CCCCN(C)c1ccc(Br)cc1CNC(C)C. The van der Waals surface area contributed by atoms with Gasteiger partial charge in [-0.3, -0.25) is 0 Å². The van der Waals surface area contributed by atoms with Gasteiger partial charge < -0.3 is 10.2 Å². The number of rotatable bonds is 7. The van der Waals surface area contributed by atoms with Crippen LogP contribution in [0.4, 0.5) is 5.69 Å². The van der Waals surface area contributed by atoms with Crippen LogP contribution >= 0.6 is 15.9 Å². The van der Waals surface area contributed by atoms with E-state index in [0.29, 0.717) is 6.04 Å². The third-order valence-corrected chi connectivity index (χ3v) is 3.49. The third-order valence-electron chi connectivity index (χ3n) is 3.00. The predicted molar refractivity (Wildman–Crippen MR) is 84.3 cm³/mol. The van der Waals surface area contributed by atoms with Gasteiger partial charge in [0.2, 0.25) is 0 Å². The van der Waals surface area contributed by atoms with E-state index in [1.165, 1.54) is 24.1 Å². The molecule has 18 heavy (non-hydrogen) atoms. The Balaban J connectivity index is 2.81. The molecule has 0 saturated carbocycles. The first-order chi connectivity index (χ1) is 8.54. The zero-order valence-electron chi connectivity index (χ0n) is 12.0. The van der Waals surface area contributed by atoms with Crippen LogP contribution < -0.4 is 10.2 Å². The van der Waals surface area contributed by atoms with E-state index in [9.17, 15) is 0 Å². The third kappa shape index (κ3) is 4.99. The molecule has 1 aromatic carbocycles. The van der Waals surface area contributed by atoms with Gasteiger partial charge in [-0.2, -0.15) is 0 Å². The second kappa shape index (κ2) is 7.80. The Morgan fingerprint density at radius 1 is 1.33 bits per heavy atom. The van der Waals surface area contributed by atoms with Crippen molar-refractivity contribution in [3.8, 4) is 0 Å². The molecule has 102 valence electrons. The van der Waals surface area contributed by atoms with Gasteiger partial charge in [-0.05, 0) is 30.2 Å². The summed E-state index contributed by atoms with van der Waals surface area (Å²) in [5, 5.41) is 3.49. The minimum atomic E-state index is 0.512. The van der Waals surface area contributed by atoms with Crippen LogP contribution in [0.15, 0.2) is 22.7 Å². The highest BCUT2D eigenvalue weighted by molar-refractivity contribution is 9.10. The molecule has 1 aromatic rings. The minimum Gasteiger partial charge on any atom is -0.374 e. The maximum absolute atomic E-state index is 3.56. The molecule has 1 rings (SSSR count). The summed E-state index contributed by atoms with van der Waals surface area (Å²) < 4.78 is 1.15. The van der Waals surface area contributed by atoms with E-state index in [1.807, 2.05) is 0 Å². The number of hydrogen-bond acceptors (Lipinski definition) is 2. The number of nitrogens with zero attached hydrogens (tertiary/aromatic N) is 1. The van der Waals surface area contributed by atoms with Crippen LogP contribution in [0, 0.1) is 0 Å². The first-order valence-electron chi connectivity index (χ1n) is 6.77. The van der Waals surface area contributed by atoms with E-state index >= 15 is 0 Å². The molecule has 2 nitrogen and oxygen atoms in total. The predicted octanol–water partition coefficient (Wildman–Crippen LogP) is 4.18. The monoisotopic (exact) mass is 312 g/mol. The molecule has 1 N–H and O–H groups in total. The highest BCUT2D eigenvalue weighted by Gasteiger charge is 2.08. The maximum atomic E-state index is 3.56. The number of unbranched alkanes of at least 4 members (excludes halogenated alkanes) is 1. The molecule has 3 heteroatoms. The van der Waals surface area contributed by atoms with Crippen LogP contribution in [-0.4, -0.2) is 19.6 Å². The van der Waals surface area contributed by atoms with Gasteiger partial charge in [-0.1, -0.05) is 43.1 Å². The number of hydrogen-bond donors (Lipinski definition) is 1. The summed E-state index contributed by atoms with van der Waals surface area (Å²) in [6.07, 6.45) is 2.48. The fourth-order valence-electron chi connectivity index (χ4n) is 1.90. The summed E-state index contributed by atoms with van der Waals surface area (Å²) in [6.45, 7) is 8.63. The van der Waals surface area contributed by atoms with Crippen molar-refractivity contribution in [1.82, 2.24) is 5.32 Å². The van der Waals surface area contributed by atoms with Crippen LogP contribution in [-0.2, 0) is 6.54 Å². The van der Waals surface area contributed by atoms with Crippen LogP contribution in [0.5, 0.6) is 0 Å². The van der Waals surface area contributed by atoms with E-state index in [-0.39, 0.29) is 0 Å². The van der Waals surface area contributed by atoms with Crippen molar-refractivity contribution in [3.63, 3.8) is 0 Å². The lowest BCUT2D eigenvalue weighted by Gasteiger charge is -2.23. The largest absolute Gasteiger partial charge is 0.374 e. The summed E-state index contributed by atoms with van der Waals surface area (Å²) >= 11 is 3.56. The summed E-state index contributed by atoms with van der Waals surface area (Å²) in [7, 11) is 2.18. The molecule has 0 aromatic heterocycles. The van der Waals surface area contributed by atoms with Gasteiger partial charge in [-0.25, -0.2) is 0 Å². The summed E-state index contributed by atoms with van der Waals surface area (Å²) in [5.41, 5.74) is 2.69. The average molecular weight is 313 g/mol. The van der Waals surface area contributed by atoms with E-state index in [1.54, 1.807) is 0 Å². The van der Waals surface area contributed by atoms with Gasteiger partial charge in [0.15, 0.2) is 0 Å². The molecule has 0 unspecified atom stereocenters. The first kappa shape index (κ1) is 15.5. The van der Waals surface area contributed by atoms with Crippen molar-refractivity contribution in [2.45, 2.75) is 46.2 Å². The fourth-order valence-corrected chi connectivity index (χ4v) is 2.31. The van der Waals surface area contributed by atoms with Gasteiger partial charge in [-0.15, -0.1) is 0 Å². The zero-order chi connectivity index (χ0) is 13.5. The molecule has 0 aliphatic rings. The molecule has 0 fully saturated rings. The standard InChI is InChI=1S/C15H25BrN2/c1-5-6-9-18(4)15-8-7-14(16)10-13(15)11-17-12(2)3/h7-8,10,12,17H,5-6,9,11H2,1-4H3. The van der Waals surface area contributed by atoms with Crippen molar-refractivity contribution in [2.75, 3.05) is 18.5 Å². The summed E-state index contributed by atoms with van der Waals surface area (Å²) in [6, 6.07) is 7.05. The van der Waals surface area contributed by atoms with E-state index in [2.05, 4.69) is 72.2 Å². The Morgan fingerprint density at radius 2 is 2.06 bits per heavy atom. The first-order valence-corrected chi connectivity index (χ1v) is 7.56. The lowest BCUT2D eigenvalue weighted by molar-refractivity contribution is 0.588. The summed E-state index contributed by atoms with van der Waals surface area (Å²) in [4.78, 5) is 2.35. The van der Waals surface area contributed by atoms with Gasteiger partial charge in [0.05, 0.1) is 0 Å². The maximum Gasteiger partial charge on any atom is 0.0410 e. The van der Waals surface area contributed by atoms with Crippen LogP contribution in [0.2, 0.25) is 0 Å². The number of benzene rings is 1. The van der Waals surface area contributed by atoms with Crippen molar-refractivity contribution >= 4 is 21.6 Å². The second-order valence-electron chi connectivity index (χ2n) is 5.08. The highest BCUT2D eigenvalue weighted by Crippen LogP contribution is 2.24. The van der Waals surface area contributed by atoms with Gasteiger partial charge in [0, 0.05) is 36.3 Å². The molecule has 0 bridgehead atoms. The summed E-state index contributed by atoms with van der Waals surface area (Å²) in [5.74, 6) is 0. The molecule has 0 saturated heterocycles. The Bertz CT molecular complexity index is 364. The topological polar surface area (TPSA) is 15.3 Å². The van der Waals surface area contributed by atoms with Gasteiger partial charge in [0.1, 0.15) is 0 Å². The van der Waals surface area contributed by atoms with E-state index < -0.39 is 0 Å². The van der Waals surface area contributed by atoms with E-state index in [4.69, 9.17) is 0 Å². The average Bonchev–Trinajstić information content (AvgIpc) is 2.33. The second-order valence-corrected chi connectivity index (χ2v) is 6.00. The van der Waals surface area contributed by atoms with Crippen molar-refractivity contribution < 1.29 is 0 Å². The highest BCUT2D eigenvalue weighted by atomic mass is 79.9. The Labute approximate surface area is 120 Å². The van der Waals surface area contributed by atoms with Crippen molar-refractivity contribution in [3.05, 3.63) is 28.2 Å². The van der Waals surface area contributed by atoms with Crippen molar-refractivity contribution in [1.29, 1.82) is 0 Å². The lowest BCUT2D eigenvalue weighted by Crippen LogP contribution is -2.25. The van der Waals surface area contributed by atoms with Crippen LogP contribution in [0.25, 0.3) is 0 Å². The molecular weight excluding hydrogens is 288 g/mol. The molecule has 0 radical (unpaired) electrons. The molecule has 0 aliphatic carbocycles. The van der Waals surface area contributed by atoms with Crippen LogP contribution in [0.3, 0.4) is 0 Å². The number of halogens is 1. The Kier molecular flexibility index (Phi) is 6.72. The number of nitrogens with one attached hydrogen (secondary N) is 1. The quantitative estimate of drug-likeness (QED) is 0.812. The normalized spacial score (nSPS) is 11.0.